The van der Waals surface area contributed by atoms with Crippen molar-refractivity contribution in [1.29, 1.82) is 0 Å². The normalized spacial score (nSPS) is 15.8. The maximum atomic E-state index is 11.6. The molecule has 1 aliphatic heterocycles. The highest BCUT2D eigenvalue weighted by Crippen LogP contribution is 2.09. The van der Waals surface area contributed by atoms with Crippen LogP contribution in [0, 0.1) is 5.92 Å². The Hall–Kier alpha value is -0.940. The largest absolute Gasteiger partial charge is 0.352 e. The molecule has 5 heteroatoms. The van der Waals surface area contributed by atoms with Crippen molar-refractivity contribution in [2.75, 3.05) is 19.6 Å². The lowest BCUT2D eigenvalue weighted by atomic mass is 10.0. The zero-order valence-corrected chi connectivity index (χ0v) is 9.75. The first-order chi connectivity index (χ1) is 7.25. The lowest BCUT2D eigenvalue weighted by Gasteiger charge is -2.27. The molecule has 0 unspecified atom stereocenters. The van der Waals surface area contributed by atoms with Crippen LogP contribution in [0.15, 0.2) is 22.9 Å². The van der Waals surface area contributed by atoms with Crippen LogP contribution < -0.4 is 10.6 Å². The predicted octanol–water partition coefficient (Wildman–Crippen LogP) is 0.793. The van der Waals surface area contributed by atoms with Crippen LogP contribution in [-0.4, -0.2) is 30.5 Å². The lowest BCUT2D eigenvalue weighted by molar-refractivity contribution is 0.0942. The highest BCUT2D eigenvalue weighted by atomic mass is 79.9. The molecule has 0 spiro atoms. The molecular formula is C10H12BrN3O. The lowest BCUT2D eigenvalue weighted by Crippen LogP contribution is -2.48. The Labute approximate surface area is 96.6 Å². The Balaban J connectivity index is 1.89. The first-order valence-corrected chi connectivity index (χ1v) is 5.64. The molecule has 0 radical (unpaired) electrons. The molecule has 1 fully saturated rings. The van der Waals surface area contributed by atoms with Gasteiger partial charge in [-0.2, -0.15) is 0 Å². The number of amides is 1. The maximum absolute atomic E-state index is 11.6. The van der Waals surface area contributed by atoms with Crippen LogP contribution in [0.5, 0.6) is 0 Å². The molecule has 0 saturated carbocycles. The van der Waals surface area contributed by atoms with Crippen LogP contribution in [0.4, 0.5) is 0 Å². The molecule has 0 bridgehead atoms. The van der Waals surface area contributed by atoms with Gasteiger partial charge in [-0.15, -0.1) is 0 Å². The van der Waals surface area contributed by atoms with Gasteiger partial charge in [-0.1, -0.05) is 0 Å². The Kier molecular flexibility index (Phi) is 3.33. The topological polar surface area (TPSA) is 54.0 Å². The standard InChI is InChI=1S/C10H12BrN3O/c11-9-1-8(5-13-6-9)10(15)14-4-7-2-12-3-7/h1,5-7,12H,2-4H2,(H,14,15). The average Bonchev–Trinajstić information content (AvgIpc) is 2.15. The Morgan fingerprint density at radius 2 is 2.40 bits per heavy atom. The van der Waals surface area contributed by atoms with Gasteiger partial charge >= 0.3 is 0 Å². The van der Waals surface area contributed by atoms with E-state index in [4.69, 9.17) is 0 Å². The molecule has 1 aromatic heterocycles. The molecule has 0 aromatic carbocycles. The van der Waals surface area contributed by atoms with Crippen LogP contribution in [0.3, 0.4) is 0 Å². The minimum atomic E-state index is -0.0595. The number of carbonyl (C=O) groups excluding carboxylic acids is 1. The summed E-state index contributed by atoms with van der Waals surface area (Å²) >= 11 is 3.28. The molecule has 1 saturated heterocycles. The van der Waals surface area contributed by atoms with Crippen molar-refractivity contribution in [3.05, 3.63) is 28.5 Å². The highest BCUT2D eigenvalue weighted by molar-refractivity contribution is 9.10. The van der Waals surface area contributed by atoms with Crippen molar-refractivity contribution in [2.45, 2.75) is 0 Å². The van der Waals surface area contributed by atoms with E-state index in [1.807, 2.05) is 0 Å². The molecule has 0 atom stereocenters. The fourth-order valence-corrected chi connectivity index (χ4v) is 1.73. The molecule has 80 valence electrons. The van der Waals surface area contributed by atoms with Gasteiger partial charge in [0.2, 0.25) is 0 Å². The summed E-state index contributed by atoms with van der Waals surface area (Å²) in [6.07, 6.45) is 3.23. The molecule has 2 N–H and O–H groups in total. The summed E-state index contributed by atoms with van der Waals surface area (Å²) in [5.74, 6) is 0.518. The highest BCUT2D eigenvalue weighted by Gasteiger charge is 2.17. The van der Waals surface area contributed by atoms with E-state index in [0.717, 1.165) is 24.1 Å². The van der Waals surface area contributed by atoms with E-state index in [1.165, 1.54) is 0 Å². The van der Waals surface area contributed by atoms with Gasteiger partial charge in [0.25, 0.3) is 5.91 Å². The molecular weight excluding hydrogens is 258 g/mol. The quantitative estimate of drug-likeness (QED) is 0.854. The number of hydrogen-bond donors (Lipinski definition) is 2. The minimum Gasteiger partial charge on any atom is -0.352 e. The van der Waals surface area contributed by atoms with Gasteiger partial charge in [0, 0.05) is 42.4 Å². The van der Waals surface area contributed by atoms with E-state index < -0.39 is 0 Å². The SMILES string of the molecule is O=C(NCC1CNC1)c1cncc(Br)c1. The first-order valence-electron chi connectivity index (χ1n) is 4.85. The van der Waals surface area contributed by atoms with Gasteiger partial charge in [-0.3, -0.25) is 9.78 Å². The van der Waals surface area contributed by atoms with Crippen LogP contribution in [-0.2, 0) is 0 Å². The predicted molar refractivity (Wildman–Crippen MR) is 60.6 cm³/mol. The maximum Gasteiger partial charge on any atom is 0.252 e. The minimum absolute atomic E-state index is 0.0595. The summed E-state index contributed by atoms with van der Waals surface area (Å²) in [4.78, 5) is 15.6. The van der Waals surface area contributed by atoms with E-state index >= 15 is 0 Å². The average molecular weight is 270 g/mol. The number of nitrogens with zero attached hydrogens (tertiary/aromatic N) is 1. The van der Waals surface area contributed by atoms with E-state index in [9.17, 15) is 4.79 Å². The number of rotatable bonds is 3. The molecule has 2 heterocycles. The van der Waals surface area contributed by atoms with Crippen molar-refractivity contribution in [3.63, 3.8) is 0 Å². The first kappa shape index (κ1) is 10.6. The molecule has 15 heavy (non-hydrogen) atoms. The van der Waals surface area contributed by atoms with Crippen molar-refractivity contribution < 1.29 is 4.79 Å². The summed E-state index contributed by atoms with van der Waals surface area (Å²) in [6.45, 7) is 2.73. The van der Waals surface area contributed by atoms with E-state index in [0.29, 0.717) is 11.5 Å². The van der Waals surface area contributed by atoms with Crippen LogP contribution in [0.25, 0.3) is 0 Å². The molecule has 4 nitrogen and oxygen atoms in total. The van der Waals surface area contributed by atoms with E-state index in [-0.39, 0.29) is 5.91 Å². The van der Waals surface area contributed by atoms with Crippen LogP contribution >= 0.6 is 15.9 Å². The number of nitrogens with one attached hydrogen (secondary N) is 2. The Bertz CT molecular complexity index is 365. The van der Waals surface area contributed by atoms with Gasteiger partial charge in [0.15, 0.2) is 0 Å². The second-order valence-electron chi connectivity index (χ2n) is 3.63. The van der Waals surface area contributed by atoms with Gasteiger partial charge < -0.3 is 10.6 Å². The third-order valence-electron chi connectivity index (χ3n) is 2.38. The van der Waals surface area contributed by atoms with Gasteiger partial charge in [0.1, 0.15) is 0 Å². The zero-order chi connectivity index (χ0) is 10.7. The molecule has 1 amide bonds. The Morgan fingerprint density at radius 1 is 1.60 bits per heavy atom. The second-order valence-corrected chi connectivity index (χ2v) is 4.54. The number of aromatic nitrogens is 1. The van der Waals surface area contributed by atoms with Gasteiger partial charge in [0.05, 0.1) is 5.56 Å². The molecule has 2 rings (SSSR count). The summed E-state index contributed by atoms with van der Waals surface area (Å²) < 4.78 is 0.820. The molecule has 1 aliphatic rings. The Morgan fingerprint density at radius 3 is 3.00 bits per heavy atom. The van der Waals surface area contributed by atoms with E-state index in [1.54, 1.807) is 18.5 Å². The zero-order valence-electron chi connectivity index (χ0n) is 8.16. The molecule has 0 aliphatic carbocycles. The third-order valence-corrected chi connectivity index (χ3v) is 2.82. The monoisotopic (exact) mass is 269 g/mol. The van der Waals surface area contributed by atoms with Crippen molar-refractivity contribution >= 4 is 21.8 Å². The smallest absolute Gasteiger partial charge is 0.252 e. The third kappa shape index (κ3) is 2.76. The summed E-state index contributed by atoms with van der Waals surface area (Å²) in [5, 5.41) is 6.05. The number of halogens is 1. The van der Waals surface area contributed by atoms with Crippen molar-refractivity contribution in [3.8, 4) is 0 Å². The van der Waals surface area contributed by atoms with Crippen molar-refractivity contribution in [2.24, 2.45) is 5.92 Å². The summed E-state index contributed by atoms with van der Waals surface area (Å²) in [7, 11) is 0. The number of carbonyl (C=O) groups is 1. The summed E-state index contributed by atoms with van der Waals surface area (Å²) in [6, 6.07) is 1.77. The summed E-state index contributed by atoms with van der Waals surface area (Å²) in [5.41, 5.74) is 0.594. The van der Waals surface area contributed by atoms with Crippen LogP contribution in [0.2, 0.25) is 0 Å². The van der Waals surface area contributed by atoms with Crippen molar-refractivity contribution in [1.82, 2.24) is 15.6 Å². The second kappa shape index (κ2) is 4.72. The van der Waals surface area contributed by atoms with E-state index in [2.05, 4.69) is 31.5 Å². The van der Waals surface area contributed by atoms with Gasteiger partial charge in [-0.25, -0.2) is 0 Å². The number of pyridine rings is 1. The van der Waals surface area contributed by atoms with Gasteiger partial charge in [-0.05, 0) is 22.0 Å². The number of hydrogen-bond acceptors (Lipinski definition) is 3. The molecule has 1 aromatic rings. The fraction of sp³-hybridized carbons (Fsp3) is 0.400. The van der Waals surface area contributed by atoms with Crippen LogP contribution in [0.1, 0.15) is 10.4 Å². The fourth-order valence-electron chi connectivity index (χ4n) is 1.37.